The smallest absolute Gasteiger partial charge is 0.344 e. The standard InChI is InChI=1S/C20H21ClN2O4/c21-16-6-8-18(9-7-16)26-15-20(25)27-14-19(24)23-12-10-22(11-13-23)17-4-2-1-3-5-17/h1-9H,10-15H2. The Labute approximate surface area is 163 Å². The number of benzene rings is 2. The zero-order valence-corrected chi connectivity index (χ0v) is 15.6. The van der Waals surface area contributed by atoms with Crippen LogP contribution in [-0.4, -0.2) is 56.2 Å². The fourth-order valence-corrected chi connectivity index (χ4v) is 2.93. The number of piperazine rings is 1. The molecule has 0 aromatic heterocycles. The van der Waals surface area contributed by atoms with E-state index in [4.69, 9.17) is 21.1 Å². The lowest BCUT2D eigenvalue weighted by atomic mass is 10.2. The quantitative estimate of drug-likeness (QED) is 0.712. The van der Waals surface area contributed by atoms with Gasteiger partial charge in [0.15, 0.2) is 13.2 Å². The molecule has 7 heteroatoms. The SMILES string of the molecule is O=C(COc1ccc(Cl)cc1)OCC(=O)N1CCN(c2ccccc2)CC1. The molecule has 27 heavy (non-hydrogen) atoms. The summed E-state index contributed by atoms with van der Waals surface area (Å²) in [5.74, 6) is -0.261. The number of amides is 1. The zero-order valence-electron chi connectivity index (χ0n) is 14.8. The van der Waals surface area contributed by atoms with Crippen LogP contribution in [0, 0.1) is 0 Å². The number of rotatable bonds is 6. The van der Waals surface area contributed by atoms with Crippen LogP contribution in [-0.2, 0) is 14.3 Å². The number of halogens is 1. The molecular weight excluding hydrogens is 368 g/mol. The summed E-state index contributed by atoms with van der Waals surface area (Å²) >= 11 is 5.78. The van der Waals surface area contributed by atoms with Gasteiger partial charge in [0, 0.05) is 36.9 Å². The molecule has 2 aromatic rings. The van der Waals surface area contributed by atoms with E-state index in [9.17, 15) is 9.59 Å². The molecule has 0 bridgehead atoms. The summed E-state index contributed by atoms with van der Waals surface area (Å²) in [4.78, 5) is 27.9. The number of anilines is 1. The van der Waals surface area contributed by atoms with Gasteiger partial charge < -0.3 is 19.3 Å². The van der Waals surface area contributed by atoms with Crippen molar-refractivity contribution in [1.82, 2.24) is 4.90 Å². The Hall–Kier alpha value is -2.73. The second-order valence-electron chi connectivity index (χ2n) is 6.11. The fourth-order valence-electron chi connectivity index (χ4n) is 2.80. The summed E-state index contributed by atoms with van der Waals surface area (Å²) < 4.78 is 10.3. The molecule has 1 amide bonds. The maximum Gasteiger partial charge on any atom is 0.344 e. The molecule has 1 aliphatic heterocycles. The number of esters is 1. The van der Waals surface area contributed by atoms with Crippen LogP contribution in [0.5, 0.6) is 5.75 Å². The van der Waals surface area contributed by atoms with Gasteiger partial charge in [0.25, 0.3) is 5.91 Å². The predicted molar refractivity (Wildman–Crippen MR) is 103 cm³/mol. The van der Waals surface area contributed by atoms with E-state index in [1.54, 1.807) is 29.2 Å². The molecule has 0 atom stereocenters. The molecule has 6 nitrogen and oxygen atoms in total. The number of hydrogen-bond donors (Lipinski definition) is 0. The topological polar surface area (TPSA) is 59.1 Å². The molecule has 3 rings (SSSR count). The molecule has 1 saturated heterocycles. The van der Waals surface area contributed by atoms with Crippen LogP contribution in [0.25, 0.3) is 0 Å². The molecule has 0 unspecified atom stereocenters. The minimum absolute atomic E-state index is 0.192. The highest BCUT2D eigenvalue weighted by molar-refractivity contribution is 6.30. The van der Waals surface area contributed by atoms with E-state index in [0.29, 0.717) is 23.9 Å². The summed E-state index contributed by atoms with van der Waals surface area (Å²) in [6, 6.07) is 16.7. The molecule has 1 aliphatic rings. The summed E-state index contributed by atoms with van der Waals surface area (Å²) in [5.41, 5.74) is 1.15. The monoisotopic (exact) mass is 388 g/mol. The summed E-state index contributed by atoms with van der Waals surface area (Å²) in [6.07, 6.45) is 0. The number of ether oxygens (including phenoxy) is 2. The van der Waals surface area contributed by atoms with Crippen LogP contribution >= 0.6 is 11.6 Å². The first-order chi connectivity index (χ1) is 13.1. The van der Waals surface area contributed by atoms with E-state index in [-0.39, 0.29) is 19.1 Å². The molecule has 0 spiro atoms. The number of hydrogen-bond acceptors (Lipinski definition) is 5. The van der Waals surface area contributed by atoms with Gasteiger partial charge >= 0.3 is 5.97 Å². The molecular formula is C20H21ClN2O4. The van der Waals surface area contributed by atoms with Crippen LogP contribution in [0.3, 0.4) is 0 Å². The van der Waals surface area contributed by atoms with Crippen molar-refractivity contribution in [1.29, 1.82) is 0 Å². The van der Waals surface area contributed by atoms with Crippen molar-refractivity contribution in [3.05, 3.63) is 59.6 Å². The fraction of sp³-hybridized carbons (Fsp3) is 0.300. The lowest BCUT2D eigenvalue weighted by Gasteiger charge is -2.36. The first-order valence-electron chi connectivity index (χ1n) is 8.73. The first-order valence-corrected chi connectivity index (χ1v) is 9.11. The van der Waals surface area contributed by atoms with Gasteiger partial charge in [0.2, 0.25) is 0 Å². The molecule has 2 aromatic carbocycles. The van der Waals surface area contributed by atoms with Gasteiger partial charge in [0.05, 0.1) is 0 Å². The Morgan fingerprint density at radius 2 is 1.56 bits per heavy atom. The minimum atomic E-state index is -0.582. The van der Waals surface area contributed by atoms with Crippen LogP contribution in [0.15, 0.2) is 54.6 Å². The predicted octanol–water partition coefficient (Wildman–Crippen LogP) is 2.61. The lowest BCUT2D eigenvalue weighted by molar-refractivity contribution is -0.153. The largest absolute Gasteiger partial charge is 0.482 e. The van der Waals surface area contributed by atoms with Gasteiger partial charge in [-0.1, -0.05) is 29.8 Å². The minimum Gasteiger partial charge on any atom is -0.482 e. The lowest BCUT2D eigenvalue weighted by Crippen LogP contribution is -2.50. The molecule has 1 heterocycles. The highest BCUT2D eigenvalue weighted by atomic mass is 35.5. The van der Waals surface area contributed by atoms with Crippen LogP contribution in [0.1, 0.15) is 0 Å². The zero-order chi connectivity index (χ0) is 19.1. The molecule has 142 valence electrons. The third-order valence-corrected chi connectivity index (χ3v) is 4.53. The summed E-state index contributed by atoms with van der Waals surface area (Å²) in [5, 5.41) is 0.586. The van der Waals surface area contributed by atoms with Gasteiger partial charge in [-0.15, -0.1) is 0 Å². The number of nitrogens with zero attached hydrogens (tertiary/aromatic N) is 2. The average molecular weight is 389 g/mol. The van der Waals surface area contributed by atoms with Crippen molar-refractivity contribution in [2.45, 2.75) is 0 Å². The van der Waals surface area contributed by atoms with Gasteiger partial charge in [-0.3, -0.25) is 4.79 Å². The maximum atomic E-state index is 12.2. The van der Waals surface area contributed by atoms with E-state index >= 15 is 0 Å². The van der Waals surface area contributed by atoms with E-state index in [0.717, 1.165) is 18.8 Å². The Morgan fingerprint density at radius 1 is 0.889 bits per heavy atom. The maximum absolute atomic E-state index is 12.2. The van der Waals surface area contributed by atoms with E-state index in [1.807, 2.05) is 18.2 Å². The molecule has 1 fully saturated rings. The van der Waals surface area contributed by atoms with Crippen molar-refractivity contribution in [2.75, 3.05) is 44.3 Å². The van der Waals surface area contributed by atoms with Crippen LogP contribution in [0.4, 0.5) is 5.69 Å². The Kier molecular flexibility index (Phi) is 6.54. The van der Waals surface area contributed by atoms with Gasteiger partial charge in [-0.2, -0.15) is 0 Å². The van der Waals surface area contributed by atoms with E-state index in [2.05, 4.69) is 17.0 Å². The molecule has 0 saturated carbocycles. The van der Waals surface area contributed by atoms with E-state index < -0.39 is 5.97 Å². The third kappa shape index (κ3) is 5.62. The Balaban J connectivity index is 1.37. The van der Waals surface area contributed by atoms with Gasteiger partial charge in [0.1, 0.15) is 5.75 Å². The van der Waals surface area contributed by atoms with Gasteiger partial charge in [-0.25, -0.2) is 4.79 Å². The summed E-state index contributed by atoms with van der Waals surface area (Å²) in [6.45, 7) is 2.19. The van der Waals surface area contributed by atoms with Crippen LogP contribution in [0.2, 0.25) is 5.02 Å². The number of carbonyl (C=O) groups excluding carboxylic acids is 2. The normalized spacial score (nSPS) is 14.0. The second kappa shape index (κ2) is 9.28. The second-order valence-corrected chi connectivity index (χ2v) is 6.54. The average Bonchev–Trinajstić information content (AvgIpc) is 2.72. The molecule has 0 aliphatic carbocycles. The first kappa shape index (κ1) is 19.0. The van der Waals surface area contributed by atoms with Crippen LogP contribution < -0.4 is 9.64 Å². The van der Waals surface area contributed by atoms with Crippen molar-refractivity contribution in [3.63, 3.8) is 0 Å². The van der Waals surface area contributed by atoms with Gasteiger partial charge in [-0.05, 0) is 36.4 Å². The third-order valence-electron chi connectivity index (χ3n) is 4.28. The van der Waals surface area contributed by atoms with Crippen molar-refractivity contribution < 1.29 is 19.1 Å². The number of carbonyl (C=O) groups is 2. The Bertz CT molecular complexity index is 759. The van der Waals surface area contributed by atoms with Crippen molar-refractivity contribution >= 4 is 29.2 Å². The highest BCUT2D eigenvalue weighted by Gasteiger charge is 2.22. The number of para-hydroxylation sites is 1. The van der Waals surface area contributed by atoms with E-state index in [1.165, 1.54) is 0 Å². The van der Waals surface area contributed by atoms with Crippen molar-refractivity contribution in [3.8, 4) is 5.75 Å². The molecule has 0 radical (unpaired) electrons. The highest BCUT2D eigenvalue weighted by Crippen LogP contribution is 2.16. The Morgan fingerprint density at radius 3 is 2.22 bits per heavy atom. The summed E-state index contributed by atoms with van der Waals surface area (Å²) in [7, 11) is 0. The molecule has 0 N–H and O–H groups in total. The van der Waals surface area contributed by atoms with Crippen molar-refractivity contribution in [2.24, 2.45) is 0 Å².